The third kappa shape index (κ3) is 2.94. The van der Waals surface area contributed by atoms with E-state index in [2.05, 4.69) is 30.3 Å². The largest absolute Gasteiger partial charge is 0.497 e. The number of nitrogens with zero attached hydrogens (tertiary/aromatic N) is 3. The summed E-state index contributed by atoms with van der Waals surface area (Å²) in [6, 6.07) is 28.1. The maximum atomic E-state index is 6.38. The van der Waals surface area contributed by atoms with Crippen LogP contribution >= 0.6 is 0 Å². The SMILES string of the molecule is COc1ccc(C2=CC(n3nc4ccccc4n3)c3c(ccc4ccccc34)O2)cc1. The number of allylic oxidation sites excluding steroid dienone is 1. The molecule has 1 atom stereocenters. The average molecular weight is 405 g/mol. The van der Waals surface area contributed by atoms with Crippen molar-refractivity contribution < 1.29 is 9.47 Å². The Morgan fingerprint density at radius 3 is 2.26 bits per heavy atom. The highest BCUT2D eigenvalue weighted by molar-refractivity contribution is 5.90. The van der Waals surface area contributed by atoms with Crippen molar-refractivity contribution in [3.8, 4) is 11.5 Å². The quantitative estimate of drug-likeness (QED) is 0.391. The first-order chi connectivity index (χ1) is 15.3. The maximum absolute atomic E-state index is 6.38. The predicted octanol–water partition coefficient (Wildman–Crippen LogP) is 5.62. The van der Waals surface area contributed by atoms with Crippen molar-refractivity contribution >= 4 is 27.6 Å². The van der Waals surface area contributed by atoms with Crippen LogP contribution in [-0.2, 0) is 0 Å². The lowest BCUT2D eigenvalue weighted by molar-refractivity contribution is 0.414. The zero-order chi connectivity index (χ0) is 20.8. The number of hydrogen-bond acceptors (Lipinski definition) is 4. The predicted molar refractivity (Wildman–Crippen MR) is 121 cm³/mol. The van der Waals surface area contributed by atoms with E-state index in [9.17, 15) is 0 Å². The minimum Gasteiger partial charge on any atom is -0.497 e. The Kier molecular flexibility index (Phi) is 3.99. The Morgan fingerprint density at radius 1 is 0.806 bits per heavy atom. The number of fused-ring (bicyclic) bond motifs is 4. The molecule has 150 valence electrons. The molecule has 0 amide bonds. The molecule has 5 nitrogen and oxygen atoms in total. The molecule has 4 aromatic carbocycles. The van der Waals surface area contributed by atoms with E-state index < -0.39 is 0 Å². The second kappa shape index (κ2) is 6.99. The molecule has 1 aliphatic heterocycles. The molecule has 0 saturated carbocycles. The van der Waals surface area contributed by atoms with Gasteiger partial charge in [-0.1, -0.05) is 42.5 Å². The summed E-state index contributed by atoms with van der Waals surface area (Å²) >= 11 is 0. The minimum absolute atomic E-state index is 0.195. The van der Waals surface area contributed by atoms with E-state index in [1.807, 2.05) is 60.7 Å². The van der Waals surface area contributed by atoms with E-state index in [0.717, 1.165) is 50.2 Å². The lowest BCUT2D eigenvalue weighted by atomic mass is 9.94. The van der Waals surface area contributed by atoms with E-state index in [1.54, 1.807) is 11.9 Å². The fourth-order valence-electron chi connectivity index (χ4n) is 4.14. The molecule has 0 spiro atoms. The van der Waals surface area contributed by atoms with Gasteiger partial charge in [-0.15, -0.1) is 0 Å². The molecule has 0 saturated heterocycles. The van der Waals surface area contributed by atoms with Gasteiger partial charge < -0.3 is 9.47 Å². The van der Waals surface area contributed by atoms with Crippen LogP contribution in [0.3, 0.4) is 0 Å². The summed E-state index contributed by atoms with van der Waals surface area (Å²) < 4.78 is 11.7. The first-order valence-corrected chi connectivity index (χ1v) is 10.2. The molecule has 1 aromatic heterocycles. The molecular weight excluding hydrogens is 386 g/mol. The molecule has 0 aliphatic carbocycles. The fraction of sp³-hybridized carbons (Fsp3) is 0.0769. The van der Waals surface area contributed by atoms with Gasteiger partial charge in [0.05, 0.1) is 7.11 Å². The van der Waals surface area contributed by atoms with Crippen molar-refractivity contribution in [3.05, 3.63) is 102 Å². The van der Waals surface area contributed by atoms with Gasteiger partial charge in [0.15, 0.2) is 0 Å². The molecule has 5 aromatic rings. The zero-order valence-corrected chi connectivity index (χ0v) is 16.9. The van der Waals surface area contributed by atoms with Gasteiger partial charge >= 0.3 is 0 Å². The number of aromatic nitrogens is 3. The van der Waals surface area contributed by atoms with E-state index in [-0.39, 0.29) is 6.04 Å². The Labute approximate surface area is 179 Å². The Morgan fingerprint density at radius 2 is 1.52 bits per heavy atom. The van der Waals surface area contributed by atoms with Crippen molar-refractivity contribution in [1.29, 1.82) is 0 Å². The molecule has 5 heteroatoms. The molecule has 0 fully saturated rings. The highest BCUT2D eigenvalue weighted by Gasteiger charge is 2.28. The first kappa shape index (κ1) is 17.7. The van der Waals surface area contributed by atoms with Gasteiger partial charge in [0.1, 0.15) is 34.3 Å². The number of benzene rings is 4. The smallest absolute Gasteiger partial charge is 0.133 e. The summed E-state index contributed by atoms with van der Waals surface area (Å²) in [6.45, 7) is 0. The van der Waals surface area contributed by atoms with Gasteiger partial charge in [-0.2, -0.15) is 15.0 Å². The molecule has 0 N–H and O–H groups in total. The zero-order valence-electron chi connectivity index (χ0n) is 16.9. The van der Waals surface area contributed by atoms with E-state index in [1.165, 1.54) is 0 Å². The standard InChI is InChI=1S/C26H19N3O2/c1-30-19-13-10-18(11-14-19)25-16-23(29-27-21-8-4-5-9-22(21)28-29)26-20-7-3-2-6-17(20)12-15-24(26)31-25/h2-16,23H,1H3. The van der Waals surface area contributed by atoms with Crippen LogP contribution in [0.4, 0.5) is 0 Å². The third-order valence-electron chi connectivity index (χ3n) is 5.68. The van der Waals surface area contributed by atoms with Crippen molar-refractivity contribution in [2.75, 3.05) is 7.11 Å². The lowest BCUT2D eigenvalue weighted by Crippen LogP contribution is -2.18. The van der Waals surface area contributed by atoms with Gasteiger partial charge in [0, 0.05) is 11.1 Å². The molecular formula is C26H19N3O2. The summed E-state index contributed by atoms with van der Waals surface area (Å²) in [6.07, 6.45) is 2.09. The number of rotatable bonds is 3. The van der Waals surface area contributed by atoms with Crippen LogP contribution in [0.15, 0.2) is 91.0 Å². The van der Waals surface area contributed by atoms with Crippen molar-refractivity contribution in [2.24, 2.45) is 0 Å². The minimum atomic E-state index is -0.195. The second-order valence-electron chi connectivity index (χ2n) is 7.51. The van der Waals surface area contributed by atoms with Crippen molar-refractivity contribution in [3.63, 3.8) is 0 Å². The molecule has 1 unspecified atom stereocenters. The van der Waals surface area contributed by atoms with Gasteiger partial charge in [0.2, 0.25) is 0 Å². The second-order valence-corrected chi connectivity index (χ2v) is 7.51. The highest BCUT2D eigenvalue weighted by Crippen LogP contribution is 2.42. The van der Waals surface area contributed by atoms with E-state index >= 15 is 0 Å². The van der Waals surface area contributed by atoms with Crippen LogP contribution in [-0.4, -0.2) is 22.1 Å². The summed E-state index contributed by atoms with van der Waals surface area (Å²) in [4.78, 5) is 1.79. The monoisotopic (exact) mass is 405 g/mol. The van der Waals surface area contributed by atoms with Gasteiger partial charge in [-0.05, 0) is 59.3 Å². The Balaban J connectivity index is 1.57. The summed E-state index contributed by atoms with van der Waals surface area (Å²) in [5.41, 5.74) is 3.78. The van der Waals surface area contributed by atoms with Gasteiger partial charge in [-0.3, -0.25) is 0 Å². The van der Waals surface area contributed by atoms with Crippen molar-refractivity contribution in [2.45, 2.75) is 6.04 Å². The Hall–Kier alpha value is -4.12. The van der Waals surface area contributed by atoms with Crippen LogP contribution in [0.5, 0.6) is 11.5 Å². The van der Waals surface area contributed by atoms with E-state index in [4.69, 9.17) is 19.7 Å². The molecule has 0 radical (unpaired) electrons. The van der Waals surface area contributed by atoms with Crippen LogP contribution in [0.1, 0.15) is 17.2 Å². The van der Waals surface area contributed by atoms with Crippen LogP contribution < -0.4 is 9.47 Å². The summed E-state index contributed by atoms with van der Waals surface area (Å²) in [5, 5.41) is 11.9. The molecule has 0 bridgehead atoms. The topological polar surface area (TPSA) is 49.2 Å². The Bertz CT molecular complexity index is 1420. The number of methoxy groups -OCH3 is 1. The fourth-order valence-corrected chi connectivity index (χ4v) is 4.14. The van der Waals surface area contributed by atoms with Crippen LogP contribution in [0.2, 0.25) is 0 Å². The lowest BCUT2D eigenvalue weighted by Gasteiger charge is -2.26. The number of ether oxygens (including phenoxy) is 2. The van der Waals surface area contributed by atoms with Crippen LogP contribution in [0.25, 0.3) is 27.6 Å². The first-order valence-electron chi connectivity index (χ1n) is 10.2. The molecule has 31 heavy (non-hydrogen) atoms. The molecule has 2 heterocycles. The maximum Gasteiger partial charge on any atom is 0.133 e. The van der Waals surface area contributed by atoms with Crippen molar-refractivity contribution in [1.82, 2.24) is 15.0 Å². The van der Waals surface area contributed by atoms with Crippen LogP contribution in [0, 0.1) is 0 Å². The van der Waals surface area contributed by atoms with Gasteiger partial charge in [0.25, 0.3) is 0 Å². The summed E-state index contributed by atoms with van der Waals surface area (Å²) in [5.74, 6) is 2.40. The highest BCUT2D eigenvalue weighted by atomic mass is 16.5. The van der Waals surface area contributed by atoms with Gasteiger partial charge in [-0.25, -0.2) is 0 Å². The number of hydrogen-bond donors (Lipinski definition) is 0. The molecule has 1 aliphatic rings. The third-order valence-corrected chi connectivity index (χ3v) is 5.68. The van der Waals surface area contributed by atoms with E-state index in [0.29, 0.717) is 0 Å². The average Bonchev–Trinajstić information content (AvgIpc) is 3.27. The summed E-state index contributed by atoms with van der Waals surface area (Å²) in [7, 11) is 1.66. The normalized spacial score (nSPS) is 15.4. The molecule has 6 rings (SSSR count).